The molecule has 1 saturated heterocycles. The van der Waals surface area contributed by atoms with E-state index in [2.05, 4.69) is 5.32 Å². The number of amides is 1. The lowest BCUT2D eigenvalue weighted by molar-refractivity contribution is -0.117. The van der Waals surface area contributed by atoms with Crippen molar-refractivity contribution in [3.8, 4) is 0 Å². The van der Waals surface area contributed by atoms with Gasteiger partial charge in [0, 0.05) is 11.6 Å². The maximum absolute atomic E-state index is 11.7. The van der Waals surface area contributed by atoms with Gasteiger partial charge in [0.2, 0.25) is 5.91 Å². The molecule has 0 unspecified atom stereocenters. The fraction of sp³-hybridized carbons (Fsp3) is 0.0909. The van der Waals surface area contributed by atoms with Crippen molar-refractivity contribution in [2.24, 2.45) is 0 Å². The first kappa shape index (κ1) is 9.98. The average Bonchev–Trinajstić information content (AvgIpc) is 2.65. The second-order valence-electron chi connectivity index (χ2n) is 3.08. The molecule has 0 spiro atoms. The van der Waals surface area contributed by atoms with Crippen molar-refractivity contribution in [2.45, 2.75) is 0 Å². The van der Waals surface area contributed by atoms with Gasteiger partial charge in [0.05, 0.1) is 10.8 Å². The highest BCUT2D eigenvalue weighted by Gasteiger charge is 2.16. The third-order valence-corrected chi connectivity index (χ3v) is 2.88. The second-order valence-corrected chi connectivity index (χ2v) is 4.09. The van der Waals surface area contributed by atoms with Crippen molar-refractivity contribution < 1.29 is 9.59 Å². The third kappa shape index (κ3) is 2.47. The summed E-state index contributed by atoms with van der Waals surface area (Å²) in [6, 6.07) is 8.98. The molecule has 0 aromatic heterocycles. The molecule has 3 nitrogen and oxygen atoms in total. The van der Waals surface area contributed by atoms with Gasteiger partial charge >= 0.3 is 0 Å². The Morgan fingerprint density at radius 1 is 1.33 bits per heavy atom. The lowest BCUT2D eigenvalue weighted by atomic mass is 10.1. The first-order chi connectivity index (χ1) is 7.25. The monoisotopic (exact) mass is 219 g/mol. The quantitative estimate of drug-likeness (QED) is 0.606. The minimum atomic E-state index is -0.0831. The first-order valence-corrected chi connectivity index (χ1v) is 5.48. The van der Waals surface area contributed by atoms with Crippen LogP contribution in [-0.2, 0) is 4.79 Å². The van der Waals surface area contributed by atoms with Gasteiger partial charge < -0.3 is 5.32 Å². The van der Waals surface area contributed by atoms with Crippen molar-refractivity contribution in [3.63, 3.8) is 0 Å². The molecule has 4 heteroatoms. The van der Waals surface area contributed by atoms with Crippen LogP contribution in [0.2, 0.25) is 0 Å². The van der Waals surface area contributed by atoms with E-state index in [1.165, 1.54) is 17.8 Å². The number of allylic oxidation sites excluding steroid dienone is 1. The van der Waals surface area contributed by atoms with E-state index in [0.717, 1.165) is 0 Å². The molecule has 1 amide bonds. The molecule has 1 N–H and O–H groups in total. The Morgan fingerprint density at radius 3 is 2.67 bits per heavy atom. The smallest absolute Gasteiger partial charge is 0.235 e. The van der Waals surface area contributed by atoms with Crippen LogP contribution in [0.1, 0.15) is 10.4 Å². The summed E-state index contributed by atoms with van der Waals surface area (Å²) >= 11 is 1.35. The van der Waals surface area contributed by atoms with Crippen molar-refractivity contribution in [1.82, 2.24) is 5.32 Å². The Balaban J connectivity index is 2.13. The van der Waals surface area contributed by atoms with Gasteiger partial charge in [0.25, 0.3) is 0 Å². The number of nitrogens with one attached hydrogen (secondary N) is 1. The van der Waals surface area contributed by atoms with E-state index < -0.39 is 0 Å². The lowest BCUT2D eigenvalue weighted by Crippen LogP contribution is -2.14. The molecule has 2 rings (SSSR count). The fourth-order valence-electron chi connectivity index (χ4n) is 1.24. The zero-order chi connectivity index (χ0) is 10.7. The molecule has 1 aliphatic heterocycles. The van der Waals surface area contributed by atoms with Crippen LogP contribution < -0.4 is 5.32 Å². The summed E-state index contributed by atoms with van der Waals surface area (Å²) in [6.07, 6.45) is 1.46. The van der Waals surface area contributed by atoms with Gasteiger partial charge in [-0.1, -0.05) is 42.1 Å². The van der Waals surface area contributed by atoms with Crippen LogP contribution in [0.15, 0.2) is 41.4 Å². The molecule has 1 aromatic rings. The highest BCUT2D eigenvalue weighted by molar-refractivity contribution is 8.04. The topological polar surface area (TPSA) is 46.2 Å². The number of hydrogen-bond donors (Lipinski definition) is 1. The van der Waals surface area contributed by atoms with E-state index in [-0.39, 0.29) is 11.7 Å². The highest BCUT2D eigenvalue weighted by atomic mass is 32.2. The number of hydrogen-bond acceptors (Lipinski definition) is 3. The summed E-state index contributed by atoms with van der Waals surface area (Å²) in [6.45, 7) is 0. The van der Waals surface area contributed by atoms with Crippen LogP contribution >= 0.6 is 11.8 Å². The second kappa shape index (κ2) is 4.31. The van der Waals surface area contributed by atoms with Gasteiger partial charge in [-0.05, 0) is 0 Å². The molecule has 1 heterocycles. The molecule has 1 aromatic carbocycles. The summed E-state index contributed by atoms with van der Waals surface area (Å²) in [5.41, 5.74) is 0.631. The van der Waals surface area contributed by atoms with Crippen LogP contribution in [0.5, 0.6) is 0 Å². The van der Waals surface area contributed by atoms with E-state index in [9.17, 15) is 9.59 Å². The normalized spacial score (nSPS) is 17.9. The zero-order valence-electron chi connectivity index (χ0n) is 7.90. The van der Waals surface area contributed by atoms with E-state index in [0.29, 0.717) is 16.3 Å². The molecular weight excluding hydrogens is 210 g/mol. The van der Waals surface area contributed by atoms with Crippen molar-refractivity contribution in [2.75, 3.05) is 5.75 Å². The van der Waals surface area contributed by atoms with Crippen LogP contribution in [0.4, 0.5) is 0 Å². The van der Waals surface area contributed by atoms with E-state index >= 15 is 0 Å². The van der Waals surface area contributed by atoms with E-state index in [4.69, 9.17) is 0 Å². The number of thioether (sulfide) groups is 1. The van der Waals surface area contributed by atoms with Crippen LogP contribution in [0.25, 0.3) is 0 Å². The number of carbonyl (C=O) groups excluding carboxylic acids is 2. The average molecular weight is 219 g/mol. The molecule has 0 bridgehead atoms. The zero-order valence-corrected chi connectivity index (χ0v) is 8.71. The molecule has 0 aliphatic carbocycles. The maximum Gasteiger partial charge on any atom is 0.235 e. The number of carbonyl (C=O) groups is 2. The summed E-state index contributed by atoms with van der Waals surface area (Å²) in [4.78, 5) is 22.6. The van der Waals surface area contributed by atoms with Gasteiger partial charge in [-0.15, -0.1) is 0 Å². The maximum atomic E-state index is 11.7. The predicted molar refractivity (Wildman–Crippen MR) is 59.5 cm³/mol. The lowest BCUT2D eigenvalue weighted by Gasteiger charge is -1.96. The van der Waals surface area contributed by atoms with Gasteiger partial charge in [0.1, 0.15) is 0 Å². The SMILES string of the molecule is O=C1CS/C(=C\C(=O)c2ccccc2)N1. The third-order valence-electron chi connectivity index (χ3n) is 1.94. The molecule has 1 aliphatic rings. The Labute approximate surface area is 91.6 Å². The number of benzene rings is 1. The minimum absolute atomic E-state index is 0.0490. The molecule has 0 radical (unpaired) electrons. The molecule has 76 valence electrons. The van der Waals surface area contributed by atoms with Gasteiger partial charge in [-0.25, -0.2) is 0 Å². The Morgan fingerprint density at radius 2 is 2.07 bits per heavy atom. The number of rotatable bonds is 2. The largest absolute Gasteiger partial charge is 0.320 e. The molecule has 0 atom stereocenters. The summed E-state index contributed by atoms with van der Waals surface area (Å²) in [5.74, 6) is 0.265. The van der Waals surface area contributed by atoms with Crippen LogP contribution in [0, 0.1) is 0 Å². The van der Waals surface area contributed by atoms with Gasteiger partial charge in [-0.3, -0.25) is 9.59 Å². The molecule has 15 heavy (non-hydrogen) atoms. The summed E-state index contributed by atoms with van der Waals surface area (Å²) < 4.78 is 0. The van der Waals surface area contributed by atoms with Crippen LogP contribution in [-0.4, -0.2) is 17.4 Å². The van der Waals surface area contributed by atoms with Crippen LogP contribution in [0.3, 0.4) is 0 Å². The van der Waals surface area contributed by atoms with Crippen molar-refractivity contribution in [3.05, 3.63) is 47.0 Å². The van der Waals surface area contributed by atoms with Crippen molar-refractivity contribution >= 4 is 23.5 Å². The van der Waals surface area contributed by atoms with Crippen molar-refractivity contribution in [1.29, 1.82) is 0 Å². The van der Waals surface area contributed by atoms with E-state index in [1.54, 1.807) is 12.1 Å². The molecular formula is C11H9NO2S. The van der Waals surface area contributed by atoms with Gasteiger partial charge in [0.15, 0.2) is 5.78 Å². The first-order valence-electron chi connectivity index (χ1n) is 4.49. The number of ketones is 1. The molecule has 1 fully saturated rings. The molecule has 0 saturated carbocycles. The Hall–Kier alpha value is -1.55. The standard InChI is InChI=1S/C11H9NO2S/c13-9(8-4-2-1-3-5-8)6-11-12-10(14)7-15-11/h1-6H,7H2,(H,12,14)/b11-6-. The van der Waals surface area contributed by atoms with E-state index in [1.807, 2.05) is 18.2 Å². The summed E-state index contributed by atoms with van der Waals surface area (Å²) in [7, 11) is 0. The highest BCUT2D eigenvalue weighted by Crippen LogP contribution is 2.19. The summed E-state index contributed by atoms with van der Waals surface area (Å²) in [5, 5.41) is 3.25. The fourth-order valence-corrected chi connectivity index (χ4v) is 1.97. The minimum Gasteiger partial charge on any atom is -0.320 e. The Kier molecular flexibility index (Phi) is 2.87. The Bertz CT molecular complexity index is 425. The van der Waals surface area contributed by atoms with Gasteiger partial charge in [-0.2, -0.15) is 0 Å². The predicted octanol–water partition coefficient (Wildman–Crippen LogP) is 1.57.